The molecule has 0 fully saturated rings. The van der Waals surface area contributed by atoms with Crippen molar-refractivity contribution in [2.75, 3.05) is 36.0 Å². The van der Waals surface area contributed by atoms with Gasteiger partial charge in [0.25, 0.3) is 5.78 Å². The number of hydrogen-bond acceptors (Lipinski definition) is 8. The van der Waals surface area contributed by atoms with Gasteiger partial charge in [-0.2, -0.15) is 9.97 Å². The molecule has 2 aromatic heterocycles. The molecule has 34 heavy (non-hydrogen) atoms. The number of anilines is 2. The van der Waals surface area contributed by atoms with Crippen molar-refractivity contribution in [3.63, 3.8) is 0 Å². The van der Waals surface area contributed by atoms with Crippen LogP contribution in [0.5, 0.6) is 0 Å². The van der Waals surface area contributed by atoms with E-state index < -0.39 is 0 Å². The van der Waals surface area contributed by atoms with Crippen LogP contribution in [0.3, 0.4) is 0 Å². The van der Waals surface area contributed by atoms with Crippen molar-refractivity contribution in [2.24, 2.45) is 0 Å². The molecule has 0 saturated heterocycles. The van der Waals surface area contributed by atoms with Gasteiger partial charge >= 0.3 is 0 Å². The van der Waals surface area contributed by atoms with E-state index in [-0.39, 0.29) is 17.6 Å². The molecule has 0 aliphatic carbocycles. The third kappa shape index (κ3) is 5.63. The average molecular weight is 477 g/mol. The summed E-state index contributed by atoms with van der Waals surface area (Å²) in [6, 6.07) is 20.4. The van der Waals surface area contributed by atoms with Crippen molar-refractivity contribution < 1.29 is 4.79 Å². The lowest BCUT2D eigenvalue weighted by atomic mass is 9.91. The quantitative estimate of drug-likeness (QED) is 0.283. The van der Waals surface area contributed by atoms with Crippen LogP contribution in [-0.4, -0.2) is 55.9 Å². The first-order chi connectivity index (χ1) is 16.7. The second kappa shape index (κ2) is 11.5. The lowest BCUT2D eigenvalue weighted by molar-refractivity contribution is -0.118. The molecule has 2 heterocycles. The summed E-state index contributed by atoms with van der Waals surface area (Å²) >= 11 is 1.30. The Bertz CT molecular complexity index is 1180. The number of benzene rings is 2. The number of rotatable bonds is 11. The number of nitrogens with one attached hydrogen (secondary N) is 3. The summed E-state index contributed by atoms with van der Waals surface area (Å²) in [6.07, 6.45) is 0. The van der Waals surface area contributed by atoms with Crippen LogP contribution < -0.4 is 16.0 Å². The van der Waals surface area contributed by atoms with Crippen molar-refractivity contribution in [2.45, 2.75) is 24.9 Å². The van der Waals surface area contributed by atoms with Crippen LogP contribution in [-0.2, 0) is 4.79 Å². The zero-order valence-electron chi connectivity index (χ0n) is 19.2. The molecule has 0 unspecified atom stereocenters. The Labute approximate surface area is 202 Å². The van der Waals surface area contributed by atoms with Crippen molar-refractivity contribution in [3.8, 4) is 0 Å². The molecule has 10 heteroatoms. The lowest BCUT2D eigenvalue weighted by Gasteiger charge is -2.18. The van der Waals surface area contributed by atoms with E-state index in [1.807, 2.05) is 50.2 Å². The molecule has 0 aliphatic heterocycles. The maximum Gasteiger partial charge on any atom is 0.261 e. The molecule has 0 bridgehead atoms. The molecule has 0 radical (unpaired) electrons. The number of hydrogen-bond donors (Lipinski definition) is 3. The minimum atomic E-state index is -0.0752. The Morgan fingerprint density at radius 2 is 1.56 bits per heavy atom. The van der Waals surface area contributed by atoms with Crippen molar-refractivity contribution in [1.82, 2.24) is 29.9 Å². The maximum absolute atomic E-state index is 12.7. The fourth-order valence-electron chi connectivity index (χ4n) is 3.59. The Balaban J connectivity index is 1.44. The fourth-order valence-corrected chi connectivity index (χ4v) is 4.35. The van der Waals surface area contributed by atoms with Gasteiger partial charge in [0.05, 0.1) is 5.75 Å². The van der Waals surface area contributed by atoms with E-state index in [0.717, 1.165) is 11.1 Å². The molecule has 0 spiro atoms. The molecule has 9 nitrogen and oxygen atoms in total. The van der Waals surface area contributed by atoms with Gasteiger partial charge in [-0.05, 0) is 25.0 Å². The van der Waals surface area contributed by atoms with Gasteiger partial charge in [-0.3, -0.25) is 4.79 Å². The average Bonchev–Trinajstić information content (AvgIpc) is 3.28. The summed E-state index contributed by atoms with van der Waals surface area (Å²) in [7, 11) is 0. The van der Waals surface area contributed by atoms with Crippen LogP contribution in [0.25, 0.3) is 5.78 Å². The molecule has 1 amide bonds. The van der Waals surface area contributed by atoms with E-state index >= 15 is 0 Å². The minimum absolute atomic E-state index is 0.0727. The SMILES string of the molecule is CCNc1nc(NCC)n2c(SCC(=O)NCC(c3ccccc3)c3ccccc3)nnc2n1. The smallest absolute Gasteiger partial charge is 0.261 e. The van der Waals surface area contributed by atoms with E-state index in [2.05, 4.69) is 60.4 Å². The molecule has 4 rings (SSSR count). The van der Waals surface area contributed by atoms with Crippen molar-refractivity contribution >= 4 is 35.3 Å². The summed E-state index contributed by atoms with van der Waals surface area (Å²) < 4.78 is 1.74. The topological polar surface area (TPSA) is 109 Å². The number of carbonyl (C=O) groups is 1. The molecule has 0 aliphatic rings. The van der Waals surface area contributed by atoms with Crippen LogP contribution in [0.4, 0.5) is 11.9 Å². The minimum Gasteiger partial charge on any atom is -0.355 e. The van der Waals surface area contributed by atoms with E-state index in [4.69, 9.17) is 0 Å². The van der Waals surface area contributed by atoms with E-state index in [9.17, 15) is 4.79 Å². The highest BCUT2D eigenvalue weighted by Crippen LogP contribution is 2.24. The Hall–Kier alpha value is -3.66. The van der Waals surface area contributed by atoms with Crippen LogP contribution in [0.2, 0.25) is 0 Å². The molecule has 2 aromatic carbocycles. The van der Waals surface area contributed by atoms with Gasteiger partial charge < -0.3 is 16.0 Å². The predicted molar refractivity (Wildman–Crippen MR) is 135 cm³/mol. The largest absolute Gasteiger partial charge is 0.355 e. The highest BCUT2D eigenvalue weighted by atomic mass is 32.2. The summed E-state index contributed by atoms with van der Waals surface area (Å²) in [5.74, 6) is 1.71. The van der Waals surface area contributed by atoms with Gasteiger partial charge in [0.2, 0.25) is 17.8 Å². The molecular weight excluding hydrogens is 448 g/mol. The molecule has 3 N–H and O–H groups in total. The van der Waals surface area contributed by atoms with Gasteiger partial charge in [0.15, 0.2) is 5.16 Å². The first-order valence-corrected chi connectivity index (χ1v) is 12.3. The van der Waals surface area contributed by atoms with Gasteiger partial charge in [-0.1, -0.05) is 72.4 Å². The lowest BCUT2D eigenvalue weighted by Crippen LogP contribution is -2.30. The number of thioether (sulfide) groups is 1. The summed E-state index contributed by atoms with van der Waals surface area (Å²) in [6.45, 7) is 5.85. The fraction of sp³-hybridized carbons (Fsp3) is 0.292. The highest BCUT2D eigenvalue weighted by Gasteiger charge is 2.18. The van der Waals surface area contributed by atoms with Crippen LogP contribution in [0.15, 0.2) is 65.8 Å². The number of amides is 1. The molecule has 0 saturated carbocycles. The van der Waals surface area contributed by atoms with E-state index in [1.165, 1.54) is 11.8 Å². The standard InChI is InChI=1S/C24H28N8OS/c1-3-25-21-28-22(26-4-2)32-23(29-21)30-31-24(32)34-16-20(33)27-15-19(17-11-7-5-8-12-17)18-13-9-6-10-14-18/h5-14,19H,3-4,15-16H2,1-2H3,(H,27,33)(H2,25,26,28,29,30). The Morgan fingerprint density at radius 1 is 0.912 bits per heavy atom. The highest BCUT2D eigenvalue weighted by molar-refractivity contribution is 7.99. The zero-order valence-corrected chi connectivity index (χ0v) is 20.0. The number of fused-ring (bicyclic) bond motifs is 1. The number of carbonyl (C=O) groups excluding carboxylic acids is 1. The predicted octanol–water partition coefficient (Wildman–Crippen LogP) is 3.42. The second-order valence-electron chi connectivity index (χ2n) is 7.52. The Kier molecular flexibility index (Phi) is 7.92. The maximum atomic E-state index is 12.7. The first-order valence-electron chi connectivity index (χ1n) is 11.3. The summed E-state index contributed by atoms with van der Waals surface area (Å²) in [4.78, 5) is 21.6. The second-order valence-corrected chi connectivity index (χ2v) is 8.46. The van der Waals surface area contributed by atoms with Crippen LogP contribution in [0, 0.1) is 0 Å². The molecule has 0 atom stereocenters. The van der Waals surface area contributed by atoms with Gasteiger partial charge in [-0.25, -0.2) is 4.40 Å². The van der Waals surface area contributed by atoms with Crippen molar-refractivity contribution in [3.05, 3.63) is 71.8 Å². The normalized spacial score (nSPS) is 11.0. The van der Waals surface area contributed by atoms with Crippen LogP contribution in [0.1, 0.15) is 30.9 Å². The van der Waals surface area contributed by atoms with Gasteiger partial charge in [0, 0.05) is 25.6 Å². The monoisotopic (exact) mass is 476 g/mol. The molecule has 4 aromatic rings. The summed E-state index contributed by atoms with van der Waals surface area (Å²) in [5.41, 5.74) is 2.32. The Morgan fingerprint density at radius 3 is 2.18 bits per heavy atom. The van der Waals surface area contributed by atoms with E-state index in [1.54, 1.807) is 4.40 Å². The van der Waals surface area contributed by atoms with E-state index in [0.29, 0.717) is 42.5 Å². The molecule has 176 valence electrons. The number of nitrogens with zero attached hydrogens (tertiary/aromatic N) is 5. The zero-order chi connectivity index (χ0) is 23.8. The third-order valence-electron chi connectivity index (χ3n) is 5.16. The van der Waals surface area contributed by atoms with Crippen molar-refractivity contribution in [1.29, 1.82) is 0 Å². The summed E-state index contributed by atoms with van der Waals surface area (Å²) in [5, 5.41) is 18.4. The van der Waals surface area contributed by atoms with Crippen LogP contribution >= 0.6 is 11.8 Å². The number of aromatic nitrogens is 5. The third-order valence-corrected chi connectivity index (χ3v) is 6.08. The first kappa shape index (κ1) is 23.5. The van der Waals surface area contributed by atoms with Gasteiger partial charge in [0.1, 0.15) is 0 Å². The molecular formula is C24H28N8OS. The van der Waals surface area contributed by atoms with Gasteiger partial charge in [-0.15, -0.1) is 10.2 Å².